The summed E-state index contributed by atoms with van der Waals surface area (Å²) in [6, 6.07) is 8.51. The van der Waals surface area contributed by atoms with Crippen molar-refractivity contribution in [1.82, 2.24) is 0 Å². The molecule has 0 fully saturated rings. The Kier molecular flexibility index (Phi) is 5.50. The fourth-order valence-electron chi connectivity index (χ4n) is 2.59. The average Bonchev–Trinajstić information content (AvgIpc) is 2.94. The number of carbonyl (C=O) groups excluding carboxylic acids is 1. The largest absolute Gasteiger partial charge is 0.496 e. The van der Waals surface area contributed by atoms with Gasteiger partial charge in [-0.15, -0.1) is 11.3 Å². The molecule has 1 heterocycles. The van der Waals surface area contributed by atoms with E-state index in [0.717, 1.165) is 21.8 Å². The van der Waals surface area contributed by atoms with E-state index in [9.17, 15) is 4.79 Å². The zero-order chi connectivity index (χ0) is 17.9. The maximum Gasteiger partial charge on any atom is 0.330 e. The fraction of sp³-hybridized carbons (Fsp3) is 0.350. The van der Waals surface area contributed by atoms with Gasteiger partial charge < -0.3 is 9.47 Å². The first-order valence-corrected chi connectivity index (χ1v) is 8.63. The van der Waals surface area contributed by atoms with Crippen LogP contribution in [0.5, 0.6) is 5.75 Å². The smallest absolute Gasteiger partial charge is 0.330 e. The van der Waals surface area contributed by atoms with Gasteiger partial charge in [-0.25, -0.2) is 4.79 Å². The molecule has 0 saturated heterocycles. The van der Waals surface area contributed by atoms with Crippen molar-refractivity contribution in [2.75, 3.05) is 14.2 Å². The summed E-state index contributed by atoms with van der Waals surface area (Å²) in [6.07, 6.45) is 3.29. The predicted molar refractivity (Wildman–Crippen MR) is 100.0 cm³/mol. The van der Waals surface area contributed by atoms with E-state index in [1.165, 1.54) is 23.6 Å². The van der Waals surface area contributed by atoms with Crippen LogP contribution in [0.25, 0.3) is 6.08 Å². The number of esters is 1. The third-order valence-electron chi connectivity index (χ3n) is 4.26. The van der Waals surface area contributed by atoms with Crippen LogP contribution in [-0.2, 0) is 14.9 Å². The molecule has 2 aromatic rings. The molecular weight excluding hydrogens is 320 g/mol. The Hall–Kier alpha value is -2.07. The SMILES string of the molecule is COC(=O)C=Cc1sc(C(C)(C)c2ccc(OC)c(C)c2)cc1C. The Morgan fingerprint density at radius 1 is 1.12 bits per heavy atom. The molecule has 0 atom stereocenters. The summed E-state index contributed by atoms with van der Waals surface area (Å²) in [4.78, 5) is 13.6. The van der Waals surface area contributed by atoms with E-state index in [1.54, 1.807) is 18.4 Å². The van der Waals surface area contributed by atoms with Gasteiger partial charge in [0.15, 0.2) is 0 Å². The van der Waals surface area contributed by atoms with E-state index >= 15 is 0 Å². The minimum absolute atomic E-state index is 0.121. The zero-order valence-corrected chi connectivity index (χ0v) is 15.9. The van der Waals surface area contributed by atoms with Gasteiger partial charge in [-0.05, 0) is 48.7 Å². The second-order valence-corrected chi connectivity index (χ2v) is 7.41. The van der Waals surface area contributed by atoms with Crippen LogP contribution < -0.4 is 4.74 Å². The molecule has 24 heavy (non-hydrogen) atoms. The summed E-state index contributed by atoms with van der Waals surface area (Å²) in [7, 11) is 3.07. The van der Waals surface area contributed by atoms with E-state index in [0.29, 0.717) is 0 Å². The third-order valence-corrected chi connectivity index (χ3v) is 5.79. The fourth-order valence-corrected chi connectivity index (χ4v) is 3.79. The van der Waals surface area contributed by atoms with Crippen molar-refractivity contribution in [1.29, 1.82) is 0 Å². The number of rotatable bonds is 5. The summed E-state index contributed by atoms with van der Waals surface area (Å²) in [5.74, 6) is 0.563. The van der Waals surface area contributed by atoms with Gasteiger partial charge in [0, 0.05) is 21.2 Å². The topological polar surface area (TPSA) is 35.5 Å². The lowest BCUT2D eigenvalue weighted by atomic mass is 9.82. The number of hydrogen-bond acceptors (Lipinski definition) is 4. The quantitative estimate of drug-likeness (QED) is 0.572. The average molecular weight is 344 g/mol. The monoisotopic (exact) mass is 344 g/mol. The molecular formula is C20H24O3S. The Morgan fingerprint density at radius 3 is 2.42 bits per heavy atom. The van der Waals surface area contributed by atoms with E-state index in [2.05, 4.69) is 50.6 Å². The van der Waals surface area contributed by atoms with Gasteiger partial charge in [0.25, 0.3) is 0 Å². The number of thiophene rings is 1. The number of aryl methyl sites for hydroxylation is 2. The first kappa shape index (κ1) is 18.3. The van der Waals surface area contributed by atoms with Crippen molar-refractivity contribution < 1.29 is 14.3 Å². The second kappa shape index (κ2) is 7.22. The van der Waals surface area contributed by atoms with Crippen LogP contribution >= 0.6 is 11.3 Å². The molecule has 0 N–H and O–H groups in total. The number of benzene rings is 1. The number of ether oxygens (including phenoxy) is 2. The summed E-state index contributed by atoms with van der Waals surface area (Å²) < 4.78 is 10.0. The first-order valence-electron chi connectivity index (χ1n) is 7.81. The lowest BCUT2D eigenvalue weighted by molar-refractivity contribution is -0.134. The third kappa shape index (κ3) is 3.70. The van der Waals surface area contributed by atoms with Gasteiger partial charge in [0.2, 0.25) is 0 Å². The molecule has 0 bridgehead atoms. The molecule has 0 spiro atoms. The summed E-state index contributed by atoms with van der Waals surface area (Å²) in [6.45, 7) is 8.55. The minimum Gasteiger partial charge on any atom is -0.496 e. The highest BCUT2D eigenvalue weighted by Crippen LogP contribution is 2.39. The Balaban J connectivity index is 2.37. The van der Waals surface area contributed by atoms with Crippen LogP contribution in [0.4, 0.5) is 0 Å². The highest BCUT2D eigenvalue weighted by molar-refractivity contribution is 7.13. The first-order chi connectivity index (χ1) is 11.3. The van der Waals surface area contributed by atoms with Crippen molar-refractivity contribution in [3.8, 4) is 5.75 Å². The molecule has 4 heteroatoms. The molecule has 128 valence electrons. The number of hydrogen-bond donors (Lipinski definition) is 0. The van der Waals surface area contributed by atoms with Crippen LogP contribution in [0.3, 0.4) is 0 Å². The van der Waals surface area contributed by atoms with Crippen molar-refractivity contribution >= 4 is 23.4 Å². The van der Waals surface area contributed by atoms with Crippen LogP contribution in [-0.4, -0.2) is 20.2 Å². The number of methoxy groups -OCH3 is 2. The normalized spacial score (nSPS) is 11.8. The molecule has 1 aromatic carbocycles. The van der Waals surface area contributed by atoms with Crippen LogP contribution in [0.1, 0.15) is 40.3 Å². The molecule has 0 unspecified atom stereocenters. The Morgan fingerprint density at radius 2 is 1.83 bits per heavy atom. The molecule has 0 aliphatic carbocycles. The molecule has 2 rings (SSSR count). The van der Waals surface area contributed by atoms with Crippen molar-refractivity contribution in [2.24, 2.45) is 0 Å². The van der Waals surface area contributed by atoms with Crippen LogP contribution in [0, 0.1) is 13.8 Å². The van der Waals surface area contributed by atoms with Gasteiger partial charge in [0.1, 0.15) is 5.75 Å². The maximum absolute atomic E-state index is 11.3. The molecule has 0 aliphatic heterocycles. The molecule has 0 aliphatic rings. The van der Waals surface area contributed by atoms with Crippen molar-refractivity contribution in [2.45, 2.75) is 33.1 Å². The highest BCUT2D eigenvalue weighted by Gasteiger charge is 2.26. The Labute approximate surface area is 147 Å². The van der Waals surface area contributed by atoms with Gasteiger partial charge in [0.05, 0.1) is 14.2 Å². The summed E-state index contributed by atoms with van der Waals surface area (Å²) >= 11 is 1.70. The second-order valence-electron chi connectivity index (χ2n) is 6.32. The Bertz CT molecular complexity index is 769. The lowest BCUT2D eigenvalue weighted by Crippen LogP contribution is -2.17. The van der Waals surface area contributed by atoms with E-state index in [-0.39, 0.29) is 11.4 Å². The maximum atomic E-state index is 11.3. The van der Waals surface area contributed by atoms with Gasteiger partial charge in [-0.3, -0.25) is 0 Å². The van der Waals surface area contributed by atoms with E-state index in [4.69, 9.17) is 4.74 Å². The van der Waals surface area contributed by atoms with Gasteiger partial charge in [-0.2, -0.15) is 0 Å². The lowest BCUT2D eigenvalue weighted by Gasteiger charge is -2.25. The summed E-state index contributed by atoms with van der Waals surface area (Å²) in [5, 5.41) is 0. The molecule has 3 nitrogen and oxygen atoms in total. The van der Waals surface area contributed by atoms with Crippen molar-refractivity contribution in [3.63, 3.8) is 0 Å². The van der Waals surface area contributed by atoms with E-state index < -0.39 is 0 Å². The van der Waals surface area contributed by atoms with E-state index in [1.807, 2.05) is 12.1 Å². The zero-order valence-electron chi connectivity index (χ0n) is 15.1. The minimum atomic E-state index is -0.339. The molecule has 1 aromatic heterocycles. The number of carbonyl (C=O) groups is 1. The van der Waals surface area contributed by atoms with Gasteiger partial charge >= 0.3 is 5.97 Å². The standard InChI is InChI=1S/C20H24O3S/c1-13-11-15(7-8-16(13)22-5)20(3,4)18-12-14(2)17(24-18)9-10-19(21)23-6/h7-12H,1-6H3. The molecule has 0 saturated carbocycles. The predicted octanol–water partition coefficient (Wildman–Crippen LogP) is 4.89. The highest BCUT2D eigenvalue weighted by atomic mass is 32.1. The van der Waals surface area contributed by atoms with Gasteiger partial charge in [-0.1, -0.05) is 26.0 Å². The molecule has 0 radical (unpaired) electrons. The molecule has 0 amide bonds. The van der Waals surface area contributed by atoms with Crippen molar-refractivity contribution in [3.05, 3.63) is 56.8 Å². The summed E-state index contributed by atoms with van der Waals surface area (Å²) in [5.41, 5.74) is 3.41. The van der Waals surface area contributed by atoms with Crippen LogP contribution in [0.2, 0.25) is 0 Å². The van der Waals surface area contributed by atoms with Crippen LogP contribution in [0.15, 0.2) is 30.3 Å².